The van der Waals surface area contributed by atoms with Crippen molar-refractivity contribution < 1.29 is 59.9 Å². The number of aliphatic hydroxyl groups is 4. The summed E-state index contributed by atoms with van der Waals surface area (Å²) in [4.78, 5) is 12.8. The molecule has 1 aliphatic heterocycles. The van der Waals surface area contributed by atoms with Crippen molar-refractivity contribution in [1.29, 1.82) is 0 Å². The van der Waals surface area contributed by atoms with Crippen molar-refractivity contribution in [3.05, 3.63) is 47.5 Å². The minimum absolute atomic E-state index is 0.0460. The van der Waals surface area contributed by atoms with Crippen LogP contribution >= 0.6 is 0 Å². The Morgan fingerprint density at radius 3 is 2.14 bits per heavy atom. The fourth-order valence-electron chi connectivity index (χ4n) is 3.98. The van der Waals surface area contributed by atoms with Gasteiger partial charge >= 0.3 is 0 Å². The number of ketones is 1. The van der Waals surface area contributed by atoms with Gasteiger partial charge in [-0.1, -0.05) is 6.07 Å². The number of ether oxygens (including phenoxy) is 3. The second-order valence-electron chi connectivity index (χ2n) is 8.44. The van der Waals surface area contributed by atoms with Gasteiger partial charge in [-0.05, 0) is 42.3 Å². The first kappa shape index (κ1) is 27.6. The smallest absolute Gasteiger partial charge is 0.187 e. The molecule has 1 heterocycles. The first-order valence-electron chi connectivity index (χ1n) is 11.1. The number of Topliss-reactive ketones (excluding diaryl/α,β-unsaturated/α-hetero) is 1. The molecular formula is C24H30O12. The van der Waals surface area contributed by atoms with E-state index >= 15 is 0 Å². The fraction of sp³-hybridized carbons (Fsp3) is 0.458. The average molecular weight is 510 g/mol. The monoisotopic (exact) mass is 510 g/mol. The minimum atomic E-state index is -1.71. The maximum Gasteiger partial charge on any atom is 0.187 e. The molecule has 2 aromatic carbocycles. The number of methoxy groups -OCH3 is 1. The topological polar surface area (TPSA) is 207 Å². The standard InChI is InChI=1S/C24H30O12/c1-34-23(12-3-5-15(28)17(30)9-12)18(7-6-13(26)11-2-4-14(27)16(29)8-11)35-24-22(33)21(32)20(31)19(10-25)36-24/h2-5,8-9,18-25,27-33H,6-7,10H2,1H3. The van der Waals surface area contributed by atoms with Gasteiger partial charge in [-0.3, -0.25) is 4.79 Å². The first-order chi connectivity index (χ1) is 17.1. The highest BCUT2D eigenvalue weighted by atomic mass is 16.7. The van der Waals surface area contributed by atoms with Crippen molar-refractivity contribution in [2.45, 2.75) is 55.8 Å². The molecule has 1 aliphatic rings. The molecule has 8 N–H and O–H groups in total. The number of phenolic OH excluding ortho intramolecular Hbond substituents is 4. The van der Waals surface area contributed by atoms with Crippen LogP contribution in [0.15, 0.2) is 36.4 Å². The van der Waals surface area contributed by atoms with E-state index in [-0.39, 0.29) is 29.9 Å². The van der Waals surface area contributed by atoms with Gasteiger partial charge in [0.2, 0.25) is 0 Å². The number of hydrogen-bond acceptors (Lipinski definition) is 12. The zero-order valence-corrected chi connectivity index (χ0v) is 19.3. The van der Waals surface area contributed by atoms with Crippen molar-refractivity contribution in [2.24, 2.45) is 0 Å². The minimum Gasteiger partial charge on any atom is -0.504 e. The highest BCUT2D eigenvalue weighted by Gasteiger charge is 2.45. The molecule has 0 spiro atoms. The van der Waals surface area contributed by atoms with Crippen LogP contribution in [0.3, 0.4) is 0 Å². The van der Waals surface area contributed by atoms with E-state index in [9.17, 15) is 45.6 Å². The Morgan fingerprint density at radius 2 is 1.56 bits per heavy atom. The quantitative estimate of drug-likeness (QED) is 0.158. The van der Waals surface area contributed by atoms with E-state index in [0.29, 0.717) is 5.56 Å². The summed E-state index contributed by atoms with van der Waals surface area (Å²) < 4.78 is 16.9. The van der Waals surface area contributed by atoms with Crippen molar-refractivity contribution in [1.82, 2.24) is 0 Å². The van der Waals surface area contributed by atoms with E-state index in [1.54, 1.807) is 0 Å². The molecular weight excluding hydrogens is 480 g/mol. The van der Waals surface area contributed by atoms with E-state index < -0.39 is 66.8 Å². The van der Waals surface area contributed by atoms with Gasteiger partial charge in [0.1, 0.15) is 30.5 Å². The van der Waals surface area contributed by atoms with Gasteiger partial charge in [-0.2, -0.15) is 0 Å². The Balaban J connectivity index is 1.87. The molecule has 1 saturated heterocycles. The Bertz CT molecular complexity index is 1040. The SMILES string of the molecule is COC(c1ccc(O)c(O)c1)C(CCC(=O)c1ccc(O)c(O)c1)OC1OC(CO)C(O)C(O)C1O. The summed E-state index contributed by atoms with van der Waals surface area (Å²) in [7, 11) is 1.33. The van der Waals surface area contributed by atoms with E-state index in [4.69, 9.17) is 14.2 Å². The van der Waals surface area contributed by atoms with Gasteiger partial charge in [-0.25, -0.2) is 0 Å². The first-order valence-corrected chi connectivity index (χ1v) is 11.1. The number of hydrogen-bond donors (Lipinski definition) is 8. The van der Waals surface area contributed by atoms with Crippen LogP contribution in [0.5, 0.6) is 23.0 Å². The molecule has 198 valence electrons. The number of benzene rings is 2. The van der Waals surface area contributed by atoms with Crippen molar-refractivity contribution in [3.63, 3.8) is 0 Å². The number of aliphatic hydroxyl groups excluding tert-OH is 4. The van der Waals surface area contributed by atoms with E-state index in [1.165, 1.54) is 37.4 Å². The summed E-state index contributed by atoms with van der Waals surface area (Å²) in [6.45, 7) is -0.669. The molecule has 1 fully saturated rings. The molecule has 3 rings (SSSR count). The van der Waals surface area contributed by atoms with Gasteiger partial charge in [0.25, 0.3) is 0 Å². The van der Waals surface area contributed by atoms with Gasteiger partial charge in [0.15, 0.2) is 35.1 Å². The molecule has 0 radical (unpaired) electrons. The van der Waals surface area contributed by atoms with Crippen LogP contribution in [-0.2, 0) is 14.2 Å². The average Bonchev–Trinajstić information content (AvgIpc) is 2.86. The molecule has 0 aromatic heterocycles. The molecule has 0 bridgehead atoms. The normalized spacial score (nSPS) is 25.9. The van der Waals surface area contributed by atoms with Crippen molar-refractivity contribution in [3.8, 4) is 23.0 Å². The second kappa shape index (κ2) is 11.8. The Morgan fingerprint density at radius 1 is 0.917 bits per heavy atom. The molecule has 36 heavy (non-hydrogen) atoms. The summed E-state index contributed by atoms with van der Waals surface area (Å²) in [5.41, 5.74) is 0.463. The van der Waals surface area contributed by atoms with E-state index in [0.717, 1.165) is 6.07 Å². The molecule has 7 atom stereocenters. The van der Waals surface area contributed by atoms with Gasteiger partial charge in [-0.15, -0.1) is 0 Å². The van der Waals surface area contributed by atoms with Crippen LogP contribution in [0.4, 0.5) is 0 Å². The largest absolute Gasteiger partial charge is 0.504 e. The lowest BCUT2D eigenvalue weighted by Gasteiger charge is -2.41. The van der Waals surface area contributed by atoms with Crippen LogP contribution in [-0.4, -0.2) is 97.2 Å². The number of carbonyl (C=O) groups excluding carboxylic acids is 1. The maximum atomic E-state index is 12.8. The summed E-state index contributed by atoms with van der Waals surface area (Å²) in [6.07, 6.45) is -9.97. The van der Waals surface area contributed by atoms with Gasteiger partial charge < -0.3 is 55.1 Å². The summed E-state index contributed by atoms with van der Waals surface area (Å²) >= 11 is 0. The third-order valence-electron chi connectivity index (χ3n) is 6.03. The Kier molecular flexibility index (Phi) is 9.08. The molecule has 12 heteroatoms. The lowest BCUT2D eigenvalue weighted by Crippen LogP contribution is -2.59. The summed E-state index contributed by atoms with van der Waals surface area (Å²) in [5, 5.41) is 78.8. The number of aromatic hydroxyl groups is 4. The maximum absolute atomic E-state index is 12.8. The summed E-state index contributed by atoms with van der Waals surface area (Å²) in [6, 6.07) is 7.51. The molecule has 12 nitrogen and oxygen atoms in total. The molecule has 0 aliphatic carbocycles. The zero-order chi connectivity index (χ0) is 26.6. The van der Waals surface area contributed by atoms with Crippen LogP contribution < -0.4 is 0 Å². The lowest BCUT2D eigenvalue weighted by molar-refractivity contribution is -0.318. The van der Waals surface area contributed by atoms with Crippen LogP contribution in [0, 0.1) is 0 Å². The number of carbonyl (C=O) groups is 1. The van der Waals surface area contributed by atoms with Gasteiger partial charge in [0, 0.05) is 19.1 Å². The molecule has 2 aromatic rings. The fourth-order valence-corrected chi connectivity index (χ4v) is 3.98. The van der Waals surface area contributed by atoms with Gasteiger partial charge in [0.05, 0.1) is 12.7 Å². The van der Waals surface area contributed by atoms with Crippen LogP contribution in [0.2, 0.25) is 0 Å². The third-order valence-corrected chi connectivity index (χ3v) is 6.03. The number of phenols is 4. The molecule has 7 unspecified atom stereocenters. The van der Waals surface area contributed by atoms with E-state index in [2.05, 4.69) is 0 Å². The molecule has 0 saturated carbocycles. The highest BCUT2D eigenvalue weighted by Crippen LogP contribution is 2.35. The highest BCUT2D eigenvalue weighted by molar-refractivity contribution is 5.96. The summed E-state index contributed by atoms with van der Waals surface area (Å²) in [5.74, 6) is -2.08. The predicted molar refractivity (Wildman–Crippen MR) is 121 cm³/mol. The predicted octanol–water partition coefficient (Wildman–Crippen LogP) is 0.0447. The lowest BCUT2D eigenvalue weighted by atomic mass is 9.96. The zero-order valence-electron chi connectivity index (χ0n) is 19.3. The van der Waals surface area contributed by atoms with Crippen LogP contribution in [0.1, 0.15) is 34.9 Å². The van der Waals surface area contributed by atoms with Crippen molar-refractivity contribution in [2.75, 3.05) is 13.7 Å². The van der Waals surface area contributed by atoms with E-state index in [1.807, 2.05) is 0 Å². The third kappa shape index (κ3) is 6.05. The molecule has 0 amide bonds. The Labute approximate surface area is 206 Å². The second-order valence-corrected chi connectivity index (χ2v) is 8.44. The number of rotatable bonds is 10. The Hall–Kier alpha value is -2.97. The van der Waals surface area contributed by atoms with Crippen LogP contribution in [0.25, 0.3) is 0 Å². The van der Waals surface area contributed by atoms with Crippen molar-refractivity contribution >= 4 is 5.78 Å².